The molecule has 0 aliphatic carbocycles. The van der Waals surface area contributed by atoms with Crippen molar-refractivity contribution in [1.29, 1.82) is 0 Å². The summed E-state index contributed by atoms with van der Waals surface area (Å²) in [6.45, 7) is 6.08. The van der Waals surface area contributed by atoms with Crippen LogP contribution in [0, 0.1) is 0 Å². The molecule has 2 aromatic heterocycles. The lowest BCUT2D eigenvalue weighted by atomic mass is 9.98. The highest BCUT2D eigenvalue weighted by atomic mass is 32.1. The number of aromatic nitrogens is 3. The lowest BCUT2D eigenvalue weighted by molar-refractivity contribution is 0.0951. The van der Waals surface area contributed by atoms with Gasteiger partial charge < -0.3 is 10.2 Å². The van der Waals surface area contributed by atoms with Crippen LogP contribution in [0.4, 0.5) is 0 Å². The van der Waals surface area contributed by atoms with Crippen LogP contribution >= 0.6 is 11.3 Å². The van der Waals surface area contributed by atoms with Crippen molar-refractivity contribution < 1.29 is 4.79 Å². The minimum absolute atomic E-state index is 0.0834. The minimum Gasteiger partial charge on any atom is -0.348 e. The molecule has 1 aliphatic heterocycles. The standard InChI is InChI=1S/C20H23N5OS/c1-2-25-9-6-15(7-10-25)20-24-17-4-3-16(11-18(17)27-20)19(26)21-12-14-5-8-22-23-13-14/h3-5,8,11,13,15H,2,6-7,9-10,12H2,1H3,(H,21,26). The van der Waals surface area contributed by atoms with E-state index in [1.807, 2.05) is 24.3 Å². The van der Waals surface area contributed by atoms with Crippen LogP contribution in [-0.2, 0) is 6.54 Å². The van der Waals surface area contributed by atoms with Gasteiger partial charge in [-0.1, -0.05) is 6.92 Å². The van der Waals surface area contributed by atoms with Crippen molar-refractivity contribution in [2.75, 3.05) is 19.6 Å². The van der Waals surface area contributed by atoms with Crippen LogP contribution < -0.4 is 5.32 Å². The average molecular weight is 382 g/mol. The maximum absolute atomic E-state index is 12.5. The van der Waals surface area contributed by atoms with Crippen molar-refractivity contribution in [3.63, 3.8) is 0 Å². The number of benzene rings is 1. The Kier molecular flexibility index (Phi) is 5.40. The molecule has 1 amide bonds. The highest BCUT2D eigenvalue weighted by molar-refractivity contribution is 7.18. The Labute approximate surface area is 162 Å². The fourth-order valence-corrected chi connectivity index (χ4v) is 4.64. The molecule has 1 aromatic carbocycles. The number of hydrogen-bond donors (Lipinski definition) is 1. The van der Waals surface area contributed by atoms with Crippen molar-refractivity contribution in [1.82, 2.24) is 25.4 Å². The van der Waals surface area contributed by atoms with Crippen LogP contribution in [0.3, 0.4) is 0 Å². The van der Waals surface area contributed by atoms with Crippen LogP contribution in [-0.4, -0.2) is 45.6 Å². The average Bonchev–Trinajstić information content (AvgIpc) is 3.16. The lowest BCUT2D eigenvalue weighted by Gasteiger charge is -2.29. The number of fused-ring (bicyclic) bond motifs is 1. The summed E-state index contributed by atoms with van der Waals surface area (Å²) in [5.41, 5.74) is 2.58. The second-order valence-electron chi connectivity index (χ2n) is 6.88. The summed E-state index contributed by atoms with van der Waals surface area (Å²) in [5, 5.41) is 11.7. The number of nitrogens with zero attached hydrogens (tertiary/aromatic N) is 4. The van der Waals surface area contributed by atoms with Gasteiger partial charge in [-0.2, -0.15) is 10.2 Å². The van der Waals surface area contributed by atoms with Gasteiger partial charge in [-0.15, -0.1) is 11.3 Å². The van der Waals surface area contributed by atoms with Gasteiger partial charge >= 0.3 is 0 Å². The third-order valence-electron chi connectivity index (χ3n) is 5.15. The number of nitrogens with one attached hydrogen (secondary N) is 1. The van der Waals surface area contributed by atoms with E-state index in [4.69, 9.17) is 4.98 Å². The molecular weight excluding hydrogens is 358 g/mol. The first-order valence-electron chi connectivity index (χ1n) is 9.39. The molecule has 140 valence electrons. The second-order valence-corrected chi connectivity index (χ2v) is 7.94. The number of likely N-dealkylation sites (tertiary alicyclic amines) is 1. The van der Waals surface area contributed by atoms with E-state index in [0.29, 0.717) is 18.0 Å². The SMILES string of the molecule is CCN1CCC(c2nc3ccc(C(=O)NCc4ccnnc4)cc3s2)CC1. The smallest absolute Gasteiger partial charge is 0.251 e. The van der Waals surface area contributed by atoms with E-state index in [1.165, 1.54) is 17.8 Å². The quantitative estimate of drug-likeness (QED) is 0.735. The lowest BCUT2D eigenvalue weighted by Crippen LogP contribution is -2.32. The van der Waals surface area contributed by atoms with Crippen LogP contribution in [0.25, 0.3) is 10.2 Å². The Bertz CT molecular complexity index is 919. The van der Waals surface area contributed by atoms with Crippen molar-refractivity contribution >= 4 is 27.5 Å². The number of piperidine rings is 1. The zero-order valence-corrected chi connectivity index (χ0v) is 16.2. The predicted molar refractivity (Wildman–Crippen MR) is 107 cm³/mol. The summed E-state index contributed by atoms with van der Waals surface area (Å²) in [5.74, 6) is 0.460. The van der Waals surface area contributed by atoms with Gasteiger partial charge in [0.05, 0.1) is 21.4 Å². The fourth-order valence-electron chi connectivity index (χ4n) is 3.46. The third kappa shape index (κ3) is 4.14. The van der Waals surface area contributed by atoms with Gasteiger partial charge in [0.25, 0.3) is 5.91 Å². The first kappa shape index (κ1) is 18.0. The van der Waals surface area contributed by atoms with E-state index in [2.05, 4.69) is 27.3 Å². The second kappa shape index (κ2) is 8.10. The first-order valence-corrected chi connectivity index (χ1v) is 10.2. The van der Waals surface area contributed by atoms with Crippen LogP contribution in [0.2, 0.25) is 0 Å². The van der Waals surface area contributed by atoms with Crippen molar-refractivity contribution in [3.8, 4) is 0 Å². The Morgan fingerprint density at radius 2 is 2.11 bits per heavy atom. The molecule has 0 unspecified atom stereocenters. The zero-order chi connectivity index (χ0) is 18.6. The summed E-state index contributed by atoms with van der Waals surface area (Å²) < 4.78 is 1.08. The third-order valence-corrected chi connectivity index (χ3v) is 6.33. The topological polar surface area (TPSA) is 71.0 Å². The molecule has 0 atom stereocenters. The molecule has 1 aliphatic rings. The molecule has 27 heavy (non-hydrogen) atoms. The van der Waals surface area contributed by atoms with Gasteiger partial charge in [-0.3, -0.25) is 4.79 Å². The maximum Gasteiger partial charge on any atom is 0.251 e. The van der Waals surface area contributed by atoms with Gasteiger partial charge in [0.15, 0.2) is 0 Å². The van der Waals surface area contributed by atoms with E-state index in [1.54, 1.807) is 23.7 Å². The van der Waals surface area contributed by atoms with Crippen molar-refractivity contribution in [2.24, 2.45) is 0 Å². The van der Waals surface area contributed by atoms with Crippen LogP contribution in [0.15, 0.2) is 36.7 Å². The maximum atomic E-state index is 12.5. The van der Waals surface area contributed by atoms with E-state index < -0.39 is 0 Å². The van der Waals surface area contributed by atoms with E-state index >= 15 is 0 Å². The van der Waals surface area contributed by atoms with E-state index in [-0.39, 0.29) is 5.91 Å². The molecule has 0 bridgehead atoms. The molecule has 6 nitrogen and oxygen atoms in total. The number of carbonyl (C=O) groups is 1. The molecule has 0 spiro atoms. The number of rotatable bonds is 5. The summed E-state index contributed by atoms with van der Waals surface area (Å²) in [6.07, 6.45) is 5.61. The van der Waals surface area contributed by atoms with Gasteiger partial charge in [-0.05, 0) is 62.3 Å². The molecule has 0 saturated carbocycles. The highest BCUT2D eigenvalue weighted by Crippen LogP contribution is 2.34. The Morgan fingerprint density at radius 3 is 2.85 bits per heavy atom. The molecule has 7 heteroatoms. The van der Waals surface area contributed by atoms with Crippen LogP contribution in [0.1, 0.15) is 46.6 Å². The number of hydrogen-bond acceptors (Lipinski definition) is 6. The van der Waals surface area contributed by atoms with Crippen molar-refractivity contribution in [2.45, 2.75) is 32.2 Å². The monoisotopic (exact) mass is 381 g/mol. The molecule has 1 N–H and O–H groups in total. The fraction of sp³-hybridized carbons (Fsp3) is 0.400. The Balaban J connectivity index is 1.45. The van der Waals surface area contributed by atoms with Gasteiger partial charge in [0.2, 0.25) is 0 Å². The van der Waals surface area contributed by atoms with Crippen LogP contribution in [0.5, 0.6) is 0 Å². The molecule has 1 saturated heterocycles. The van der Waals surface area contributed by atoms with Gasteiger partial charge in [0, 0.05) is 24.2 Å². The minimum atomic E-state index is -0.0834. The van der Waals surface area contributed by atoms with E-state index in [0.717, 1.165) is 35.4 Å². The Morgan fingerprint density at radius 1 is 1.26 bits per heavy atom. The summed E-state index contributed by atoms with van der Waals surface area (Å²) >= 11 is 1.73. The largest absolute Gasteiger partial charge is 0.348 e. The summed E-state index contributed by atoms with van der Waals surface area (Å²) in [7, 11) is 0. The number of carbonyl (C=O) groups excluding carboxylic acids is 1. The zero-order valence-electron chi connectivity index (χ0n) is 15.4. The molecule has 1 fully saturated rings. The predicted octanol–water partition coefficient (Wildman–Crippen LogP) is 3.22. The number of thiazole rings is 1. The van der Waals surface area contributed by atoms with Gasteiger partial charge in [-0.25, -0.2) is 4.98 Å². The molecule has 3 aromatic rings. The molecule has 0 radical (unpaired) electrons. The van der Waals surface area contributed by atoms with Crippen molar-refractivity contribution in [3.05, 3.63) is 52.8 Å². The number of amides is 1. The first-order chi connectivity index (χ1) is 13.2. The van der Waals surface area contributed by atoms with E-state index in [9.17, 15) is 4.79 Å². The summed E-state index contributed by atoms with van der Waals surface area (Å²) in [6, 6.07) is 7.61. The Hall–Kier alpha value is -2.38. The molecular formula is C20H23N5OS. The van der Waals surface area contributed by atoms with Gasteiger partial charge in [0.1, 0.15) is 0 Å². The highest BCUT2D eigenvalue weighted by Gasteiger charge is 2.22. The summed E-state index contributed by atoms with van der Waals surface area (Å²) in [4.78, 5) is 19.8. The molecule has 3 heterocycles. The molecule has 4 rings (SSSR count). The normalized spacial score (nSPS) is 15.9.